The first-order valence-electron chi connectivity index (χ1n) is 5.40. The van der Waals surface area contributed by atoms with Crippen LogP contribution in [0.15, 0.2) is 48.5 Å². The molecule has 1 aliphatic rings. The van der Waals surface area contributed by atoms with Gasteiger partial charge in [-0.25, -0.2) is 4.79 Å². The van der Waals surface area contributed by atoms with E-state index in [1.54, 1.807) is 6.08 Å². The van der Waals surface area contributed by atoms with E-state index in [0.29, 0.717) is 0 Å². The Labute approximate surface area is 98.8 Å². The lowest BCUT2D eigenvalue weighted by Gasteiger charge is -2.23. The zero-order chi connectivity index (χ0) is 11.8. The number of aliphatic carboxylic acids is 1. The summed E-state index contributed by atoms with van der Waals surface area (Å²) in [6, 6.07) is 14.2. The molecule has 82 valence electrons. The Balaban J connectivity index is 2.00. The summed E-state index contributed by atoms with van der Waals surface area (Å²) in [7, 11) is 0. The van der Waals surface area contributed by atoms with Crippen molar-refractivity contribution in [3.8, 4) is 22.3 Å². The second kappa shape index (κ2) is 3.59. The minimum absolute atomic E-state index is 0.917. The third kappa shape index (κ3) is 1.54. The lowest BCUT2D eigenvalue weighted by molar-refractivity contribution is -0.131. The van der Waals surface area contributed by atoms with Crippen molar-refractivity contribution in [1.82, 2.24) is 0 Å². The Kier molecular flexibility index (Phi) is 2.08. The number of hydrogen-bond donors (Lipinski definition) is 1. The van der Waals surface area contributed by atoms with Crippen molar-refractivity contribution < 1.29 is 9.90 Å². The lowest BCUT2D eigenvalue weighted by atomic mass is 9.80. The Morgan fingerprint density at radius 3 is 2.29 bits per heavy atom. The smallest absolute Gasteiger partial charge is 0.328 e. The molecule has 0 fully saturated rings. The highest BCUT2D eigenvalue weighted by molar-refractivity contribution is 6.03. The second-order valence-corrected chi connectivity index (χ2v) is 4.02. The van der Waals surface area contributed by atoms with Crippen molar-refractivity contribution in [2.45, 2.75) is 0 Å². The first-order chi connectivity index (χ1) is 8.25. The van der Waals surface area contributed by atoms with Crippen molar-refractivity contribution in [1.29, 1.82) is 0 Å². The van der Waals surface area contributed by atoms with Crippen molar-refractivity contribution in [2.24, 2.45) is 0 Å². The molecule has 0 atom stereocenters. The van der Waals surface area contributed by atoms with Crippen LogP contribution in [0.25, 0.3) is 28.3 Å². The summed E-state index contributed by atoms with van der Waals surface area (Å²) in [6.45, 7) is 0. The van der Waals surface area contributed by atoms with Crippen LogP contribution in [0.2, 0.25) is 0 Å². The first-order valence-corrected chi connectivity index (χ1v) is 5.40. The highest BCUT2D eigenvalue weighted by Gasteiger charge is 2.20. The van der Waals surface area contributed by atoms with Gasteiger partial charge in [-0.1, -0.05) is 36.4 Å². The Morgan fingerprint density at radius 1 is 0.941 bits per heavy atom. The van der Waals surface area contributed by atoms with E-state index in [1.165, 1.54) is 22.3 Å². The van der Waals surface area contributed by atoms with Gasteiger partial charge in [0.15, 0.2) is 0 Å². The average molecular weight is 222 g/mol. The van der Waals surface area contributed by atoms with E-state index in [-0.39, 0.29) is 0 Å². The SMILES string of the molecule is O=C(O)C=Cc1ccc2c(c1)-c1ccccc1-2. The fourth-order valence-electron chi connectivity index (χ4n) is 2.18. The van der Waals surface area contributed by atoms with Gasteiger partial charge in [-0.3, -0.25) is 0 Å². The quantitative estimate of drug-likeness (QED) is 0.674. The summed E-state index contributed by atoms with van der Waals surface area (Å²) in [5.74, 6) is -0.923. The second-order valence-electron chi connectivity index (χ2n) is 4.02. The number of hydrogen-bond acceptors (Lipinski definition) is 1. The van der Waals surface area contributed by atoms with E-state index in [0.717, 1.165) is 11.6 Å². The molecule has 1 aliphatic carbocycles. The van der Waals surface area contributed by atoms with Gasteiger partial charge in [0.1, 0.15) is 0 Å². The summed E-state index contributed by atoms with van der Waals surface area (Å²) in [6.07, 6.45) is 2.77. The molecule has 2 heteroatoms. The van der Waals surface area contributed by atoms with Crippen LogP contribution >= 0.6 is 0 Å². The molecule has 0 aromatic heterocycles. The average Bonchev–Trinajstić information content (AvgIpc) is 2.33. The van der Waals surface area contributed by atoms with Gasteiger partial charge in [0, 0.05) is 6.08 Å². The predicted octanol–water partition coefficient (Wildman–Crippen LogP) is 3.43. The maximum Gasteiger partial charge on any atom is 0.328 e. The zero-order valence-corrected chi connectivity index (χ0v) is 9.05. The van der Waals surface area contributed by atoms with E-state index >= 15 is 0 Å². The molecule has 0 heterocycles. The van der Waals surface area contributed by atoms with Gasteiger partial charge in [-0.05, 0) is 40.0 Å². The monoisotopic (exact) mass is 222 g/mol. The van der Waals surface area contributed by atoms with Crippen LogP contribution in [0.5, 0.6) is 0 Å². The maximum atomic E-state index is 10.5. The highest BCUT2D eigenvalue weighted by atomic mass is 16.4. The molecule has 0 saturated heterocycles. The van der Waals surface area contributed by atoms with E-state index < -0.39 is 5.97 Å². The van der Waals surface area contributed by atoms with E-state index in [9.17, 15) is 4.79 Å². The van der Waals surface area contributed by atoms with Crippen molar-refractivity contribution in [2.75, 3.05) is 0 Å². The molecular formula is C15H10O2. The molecule has 0 bridgehead atoms. The van der Waals surface area contributed by atoms with Crippen LogP contribution in [-0.2, 0) is 4.79 Å². The molecule has 2 nitrogen and oxygen atoms in total. The predicted molar refractivity (Wildman–Crippen MR) is 67.5 cm³/mol. The Morgan fingerprint density at radius 2 is 1.59 bits per heavy atom. The van der Waals surface area contributed by atoms with Gasteiger partial charge >= 0.3 is 5.97 Å². The van der Waals surface area contributed by atoms with Crippen molar-refractivity contribution in [3.05, 3.63) is 54.1 Å². The van der Waals surface area contributed by atoms with Crippen LogP contribution in [-0.4, -0.2) is 11.1 Å². The number of carbonyl (C=O) groups is 1. The summed E-state index contributed by atoms with van der Waals surface area (Å²) < 4.78 is 0. The van der Waals surface area contributed by atoms with E-state index in [4.69, 9.17) is 5.11 Å². The highest BCUT2D eigenvalue weighted by Crippen LogP contribution is 2.47. The summed E-state index contributed by atoms with van der Waals surface area (Å²) in [4.78, 5) is 10.5. The van der Waals surface area contributed by atoms with E-state index in [1.807, 2.05) is 30.3 Å². The van der Waals surface area contributed by atoms with Gasteiger partial charge in [0.2, 0.25) is 0 Å². The standard InChI is InChI=1S/C15H10O2/c16-15(17)8-6-10-5-7-13-11-3-1-2-4-12(11)14(13)9-10/h1-9H,(H,16,17). The molecule has 0 aliphatic heterocycles. The third-order valence-corrected chi connectivity index (χ3v) is 2.97. The van der Waals surface area contributed by atoms with Crippen LogP contribution in [0.4, 0.5) is 0 Å². The third-order valence-electron chi connectivity index (χ3n) is 2.97. The molecule has 2 aromatic carbocycles. The summed E-state index contributed by atoms with van der Waals surface area (Å²) >= 11 is 0. The fraction of sp³-hybridized carbons (Fsp3) is 0. The number of fused-ring (bicyclic) bond motifs is 4. The lowest BCUT2D eigenvalue weighted by Crippen LogP contribution is -1.98. The van der Waals surface area contributed by atoms with Gasteiger partial charge in [-0.15, -0.1) is 0 Å². The van der Waals surface area contributed by atoms with Gasteiger partial charge in [0.25, 0.3) is 0 Å². The van der Waals surface area contributed by atoms with Crippen molar-refractivity contribution in [3.63, 3.8) is 0 Å². The molecule has 0 amide bonds. The molecule has 0 spiro atoms. The molecule has 0 saturated carbocycles. The van der Waals surface area contributed by atoms with Crippen LogP contribution in [0.3, 0.4) is 0 Å². The van der Waals surface area contributed by atoms with Gasteiger partial charge in [0.05, 0.1) is 0 Å². The van der Waals surface area contributed by atoms with Gasteiger partial charge in [-0.2, -0.15) is 0 Å². The molecule has 0 radical (unpaired) electrons. The largest absolute Gasteiger partial charge is 0.478 e. The topological polar surface area (TPSA) is 37.3 Å². The minimum Gasteiger partial charge on any atom is -0.478 e. The summed E-state index contributed by atoms with van der Waals surface area (Å²) in [5, 5.41) is 8.58. The minimum atomic E-state index is -0.923. The fourth-order valence-corrected chi connectivity index (χ4v) is 2.18. The summed E-state index contributed by atoms with van der Waals surface area (Å²) in [5.41, 5.74) is 5.88. The number of benzene rings is 2. The van der Waals surface area contributed by atoms with E-state index in [2.05, 4.69) is 12.1 Å². The number of carboxylic acids is 1. The molecule has 2 aromatic rings. The van der Waals surface area contributed by atoms with Crippen LogP contribution in [0, 0.1) is 0 Å². The molecular weight excluding hydrogens is 212 g/mol. The normalized spacial score (nSPS) is 11.8. The molecule has 1 N–H and O–H groups in total. The van der Waals surface area contributed by atoms with Gasteiger partial charge < -0.3 is 5.11 Å². The Bertz CT molecular complexity index is 639. The molecule has 17 heavy (non-hydrogen) atoms. The molecule has 0 unspecified atom stereocenters. The van der Waals surface area contributed by atoms with Crippen molar-refractivity contribution >= 4 is 12.0 Å². The maximum absolute atomic E-state index is 10.5. The number of carboxylic acid groups (broad SMARTS) is 1. The van der Waals surface area contributed by atoms with Crippen LogP contribution < -0.4 is 0 Å². The number of rotatable bonds is 2. The Hall–Kier alpha value is -2.35. The molecule has 3 rings (SSSR count). The first kappa shape index (κ1) is 9.85. The zero-order valence-electron chi connectivity index (χ0n) is 9.05. The van der Waals surface area contributed by atoms with Crippen LogP contribution in [0.1, 0.15) is 5.56 Å².